The molecule has 1 unspecified atom stereocenters. The predicted octanol–water partition coefficient (Wildman–Crippen LogP) is 6.35. The Balaban J connectivity index is 2.42. The lowest BCUT2D eigenvalue weighted by molar-refractivity contribution is -0.126. The molecular weight excluding hydrogens is 466 g/mol. The van der Waals surface area contributed by atoms with Crippen LogP contribution in [-0.2, 0) is 11.2 Å². The molecule has 8 heteroatoms. The Morgan fingerprint density at radius 2 is 1.88 bits per heavy atom. The first-order valence-electron chi connectivity index (χ1n) is 10.7. The lowest BCUT2D eigenvalue weighted by Crippen LogP contribution is -2.36. The number of carbonyl (C=O) groups excluding carboxylic acids is 2. The minimum absolute atomic E-state index is 0.0467. The molecule has 2 N–H and O–H groups in total. The number of aromatic nitrogens is 1. The molecule has 0 fully saturated rings. The van der Waals surface area contributed by atoms with Crippen LogP contribution in [0, 0.1) is 11.2 Å². The molecule has 0 bridgehead atoms. The Morgan fingerprint density at radius 3 is 2.39 bits per heavy atom. The van der Waals surface area contributed by atoms with Crippen molar-refractivity contribution in [3.8, 4) is 5.75 Å². The molecule has 5 nitrogen and oxygen atoms in total. The van der Waals surface area contributed by atoms with Crippen LogP contribution in [0.15, 0.2) is 30.3 Å². The molecule has 3 aromatic rings. The molecule has 0 radical (unpaired) electrons. The molecule has 176 valence electrons. The Labute approximate surface area is 202 Å². The second kappa shape index (κ2) is 9.35. The first-order valence-corrected chi connectivity index (χ1v) is 11.4. The van der Waals surface area contributed by atoms with Crippen molar-refractivity contribution in [1.82, 2.24) is 4.57 Å². The molecule has 1 amide bonds. The molecule has 0 spiro atoms. The lowest BCUT2D eigenvalue weighted by Gasteiger charge is -2.25. The number of fused-ring (bicyclic) bond motifs is 1. The zero-order valence-corrected chi connectivity index (χ0v) is 20.8. The molecule has 33 heavy (non-hydrogen) atoms. The molecule has 1 aromatic heterocycles. The highest BCUT2D eigenvalue weighted by Crippen LogP contribution is 2.40. The highest BCUT2D eigenvalue weighted by molar-refractivity contribution is 6.37. The average molecular weight is 493 g/mol. The van der Waals surface area contributed by atoms with Gasteiger partial charge in [-0.05, 0) is 48.6 Å². The van der Waals surface area contributed by atoms with Crippen molar-refractivity contribution in [3.63, 3.8) is 0 Å². The number of hydrogen-bond donors (Lipinski definition) is 1. The van der Waals surface area contributed by atoms with E-state index in [-0.39, 0.29) is 28.7 Å². The first kappa shape index (κ1) is 25.1. The minimum Gasteiger partial charge on any atom is -0.494 e. The number of nitrogens with zero attached hydrogens (tertiary/aromatic N) is 1. The normalized spacial score (nSPS) is 13.4. The van der Waals surface area contributed by atoms with E-state index in [1.807, 2.05) is 20.8 Å². The third kappa shape index (κ3) is 4.46. The van der Waals surface area contributed by atoms with Gasteiger partial charge in [-0.1, -0.05) is 50.9 Å². The Bertz CT molecular complexity index is 1250. The zero-order valence-electron chi connectivity index (χ0n) is 19.3. The van der Waals surface area contributed by atoms with E-state index in [4.69, 9.17) is 33.7 Å². The number of primary amides is 1. The number of ether oxygens (including phenoxy) is 1. The van der Waals surface area contributed by atoms with Crippen LogP contribution < -0.4 is 10.5 Å². The summed E-state index contributed by atoms with van der Waals surface area (Å²) in [6.45, 7) is 7.55. The van der Waals surface area contributed by atoms with Crippen molar-refractivity contribution in [1.29, 1.82) is 0 Å². The van der Waals surface area contributed by atoms with Gasteiger partial charge in [-0.2, -0.15) is 0 Å². The van der Waals surface area contributed by atoms with E-state index in [1.54, 1.807) is 25.1 Å². The highest BCUT2D eigenvalue weighted by Gasteiger charge is 2.34. The maximum Gasteiger partial charge on any atom is 0.264 e. The van der Waals surface area contributed by atoms with Crippen molar-refractivity contribution in [2.75, 3.05) is 7.11 Å². The van der Waals surface area contributed by atoms with Crippen molar-refractivity contribution < 1.29 is 18.7 Å². The summed E-state index contributed by atoms with van der Waals surface area (Å²) in [6.07, 6.45) is 0.786. The number of hydrogen-bond acceptors (Lipinski definition) is 3. The van der Waals surface area contributed by atoms with E-state index in [0.717, 1.165) is 5.56 Å². The smallest absolute Gasteiger partial charge is 0.264 e. The maximum atomic E-state index is 14.8. The standard InChI is InChI=1S/C25H27Cl2FN2O3/c1-6-25(4,24(29)32)12-17-16-10-21(33-5)19(28)11-20(16)30(22(17)13(2)3)23(31)15-8-7-14(26)9-18(15)27/h7-11,13H,6,12H2,1-5H3,(H2,29,32). The van der Waals surface area contributed by atoms with Crippen LogP contribution in [0.2, 0.25) is 10.0 Å². The summed E-state index contributed by atoms with van der Waals surface area (Å²) >= 11 is 12.4. The van der Waals surface area contributed by atoms with Gasteiger partial charge in [0.05, 0.1) is 23.2 Å². The van der Waals surface area contributed by atoms with E-state index in [0.29, 0.717) is 28.0 Å². The van der Waals surface area contributed by atoms with E-state index < -0.39 is 23.0 Å². The van der Waals surface area contributed by atoms with Crippen LogP contribution in [0.5, 0.6) is 5.75 Å². The molecular formula is C25H27Cl2FN2O3. The maximum absolute atomic E-state index is 14.8. The fourth-order valence-corrected chi connectivity index (χ4v) is 4.59. The van der Waals surface area contributed by atoms with Crippen LogP contribution in [0.1, 0.15) is 61.6 Å². The van der Waals surface area contributed by atoms with E-state index in [1.165, 1.54) is 23.8 Å². The number of halogens is 3. The Kier molecular flexibility index (Phi) is 7.10. The van der Waals surface area contributed by atoms with Crippen molar-refractivity contribution in [2.24, 2.45) is 11.1 Å². The molecule has 1 atom stereocenters. The average Bonchev–Trinajstić information content (AvgIpc) is 3.05. The highest BCUT2D eigenvalue weighted by atomic mass is 35.5. The van der Waals surface area contributed by atoms with Crippen LogP contribution in [0.25, 0.3) is 10.9 Å². The first-order chi connectivity index (χ1) is 15.4. The summed E-state index contributed by atoms with van der Waals surface area (Å²) in [7, 11) is 1.38. The van der Waals surface area contributed by atoms with E-state index in [9.17, 15) is 14.0 Å². The number of amides is 1. The number of nitrogens with two attached hydrogens (primary N) is 1. The molecule has 0 saturated heterocycles. The second-order valence-electron chi connectivity index (χ2n) is 8.74. The number of carbonyl (C=O) groups is 2. The SMILES string of the molecule is CCC(C)(Cc1c(C(C)C)n(C(=O)c2ccc(Cl)cc2Cl)c2cc(F)c(OC)cc12)C(N)=O. The molecule has 0 aliphatic carbocycles. The molecule has 0 aliphatic heterocycles. The monoisotopic (exact) mass is 492 g/mol. The molecule has 0 saturated carbocycles. The van der Waals surface area contributed by atoms with Crippen LogP contribution in [0.4, 0.5) is 4.39 Å². The van der Waals surface area contributed by atoms with Gasteiger partial charge in [0.15, 0.2) is 11.6 Å². The van der Waals surface area contributed by atoms with Crippen molar-refractivity contribution in [3.05, 3.63) is 63.0 Å². The molecule has 3 rings (SSSR count). The molecule has 0 aliphatic rings. The third-order valence-electron chi connectivity index (χ3n) is 6.24. The third-order valence-corrected chi connectivity index (χ3v) is 6.79. The van der Waals surface area contributed by atoms with Gasteiger partial charge in [-0.3, -0.25) is 14.2 Å². The van der Waals surface area contributed by atoms with Crippen molar-refractivity contribution >= 4 is 45.9 Å². The van der Waals surface area contributed by atoms with E-state index in [2.05, 4.69) is 0 Å². The number of methoxy groups -OCH3 is 1. The fourth-order valence-electron chi connectivity index (χ4n) is 4.10. The summed E-state index contributed by atoms with van der Waals surface area (Å²) < 4.78 is 21.5. The predicted molar refractivity (Wildman–Crippen MR) is 130 cm³/mol. The summed E-state index contributed by atoms with van der Waals surface area (Å²) in [4.78, 5) is 26.1. The summed E-state index contributed by atoms with van der Waals surface area (Å²) in [6, 6.07) is 7.45. The van der Waals surface area contributed by atoms with Crippen molar-refractivity contribution in [2.45, 2.75) is 46.5 Å². The van der Waals surface area contributed by atoms with Gasteiger partial charge in [0.1, 0.15) is 0 Å². The summed E-state index contributed by atoms with van der Waals surface area (Å²) in [5, 5.41) is 1.21. The Hall–Kier alpha value is -2.57. The largest absolute Gasteiger partial charge is 0.494 e. The number of rotatable bonds is 7. The van der Waals surface area contributed by atoms with Gasteiger partial charge in [-0.25, -0.2) is 4.39 Å². The topological polar surface area (TPSA) is 74.3 Å². The quantitative estimate of drug-likeness (QED) is 0.417. The summed E-state index contributed by atoms with van der Waals surface area (Å²) in [5.74, 6) is -1.55. The van der Waals surface area contributed by atoms with Gasteiger partial charge in [0.2, 0.25) is 5.91 Å². The van der Waals surface area contributed by atoms with Gasteiger partial charge >= 0.3 is 0 Å². The molecule has 1 heterocycles. The second-order valence-corrected chi connectivity index (χ2v) is 9.59. The number of benzene rings is 2. The zero-order chi connectivity index (χ0) is 24.7. The lowest BCUT2D eigenvalue weighted by atomic mass is 9.79. The van der Waals surface area contributed by atoms with Crippen LogP contribution >= 0.6 is 23.2 Å². The van der Waals surface area contributed by atoms with Crippen LogP contribution in [-0.4, -0.2) is 23.5 Å². The van der Waals surface area contributed by atoms with Gasteiger partial charge in [0, 0.05) is 27.6 Å². The minimum atomic E-state index is -0.856. The van der Waals surface area contributed by atoms with Gasteiger partial charge < -0.3 is 10.5 Å². The summed E-state index contributed by atoms with van der Waals surface area (Å²) in [5.41, 5.74) is 6.90. The molecule has 2 aromatic carbocycles. The van der Waals surface area contributed by atoms with E-state index >= 15 is 0 Å². The Morgan fingerprint density at radius 1 is 1.21 bits per heavy atom. The van der Waals surface area contributed by atoms with Gasteiger partial charge in [0.25, 0.3) is 5.91 Å². The van der Waals surface area contributed by atoms with Gasteiger partial charge in [-0.15, -0.1) is 0 Å². The fraction of sp³-hybridized carbons (Fsp3) is 0.360. The van der Waals surface area contributed by atoms with Crippen LogP contribution in [0.3, 0.4) is 0 Å².